The van der Waals surface area contributed by atoms with Gasteiger partial charge in [0.25, 0.3) is 0 Å². The molecule has 0 unspecified atom stereocenters. The Morgan fingerprint density at radius 3 is 2.04 bits per heavy atom. The molecule has 0 saturated heterocycles. The number of carboxylic acid groups (broad SMARTS) is 1. The summed E-state index contributed by atoms with van der Waals surface area (Å²) < 4.78 is 0. The van der Waals surface area contributed by atoms with Crippen molar-refractivity contribution in [3.63, 3.8) is 0 Å². The number of carbonyl (C=O) groups is 2. The van der Waals surface area contributed by atoms with Gasteiger partial charge in [0.1, 0.15) is 6.54 Å². The fraction of sp³-hybridized carbons (Fsp3) is 0.130. The lowest BCUT2D eigenvalue weighted by Crippen LogP contribution is -2.29. The van der Waals surface area contributed by atoms with Crippen LogP contribution in [-0.2, 0) is 11.3 Å². The lowest BCUT2D eigenvalue weighted by Gasteiger charge is -2.23. The van der Waals surface area contributed by atoms with Crippen molar-refractivity contribution in [1.29, 1.82) is 0 Å². The molecule has 0 aliphatic rings. The first-order chi connectivity index (χ1) is 13.6. The number of aliphatic carboxylic acids is 1. The molecular formula is C23H21NO3S. The second-order valence-electron chi connectivity index (χ2n) is 6.34. The first-order valence-electron chi connectivity index (χ1n) is 8.86. The number of anilines is 1. The Bertz CT molecular complexity index is 938. The minimum Gasteiger partial charge on any atom is -0.480 e. The van der Waals surface area contributed by atoms with Crippen LogP contribution in [0, 0.1) is 0 Å². The molecule has 0 bridgehead atoms. The van der Waals surface area contributed by atoms with Gasteiger partial charge in [0.05, 0.1) is 0 Å². The number of rotatable bonds is 8. The van der Waals surface area contributed by atoms with Gasteiger partial charge in [0, 0.05) is 28.3 Å². The van der Waals surface area contributed by atoms with E-state index in [-0.39, 0.29) is 12.3 Å². The summed E-state index contributed by atoms with van der Waals surface area (Å²) in [6, 6.07) is 24.3. The monoisotopic (exact) mass is 391 g/mol. The van der Waals surface area contributed by atoms with E-state index >= 15 is 0 Å². The third-order valence-electron chi connectivity index (χ3n) is 4.39. The highest BCUT2D eigenvalue weighted by molar-refractivity contribution is 7.98. The first kappa shape index (κ1) is 19.7. The predicted octanol–water partition coefficient (Wildman–Crippen LogP) is 4.73. The van der Waals surface area contributed by atoms with Crippen LogP contribution in [0.15, 0.2) is 83.8 Å². The summed E-state index contributed by atoms with van der Waals surface area (Å²) in [5, 5.41) is 9.28. The molecule has 0 radical (unpaired) electrons. The zero-order valence-electron chi connectivity index (χ0n) is 15.5. The Kier molecular flexibility index (Phi) is 6.50. The summed E-state index contributed by atoms with van der Waals surface area (Å²) in [6.07, 6.45) is 2.00. The standard InChI is InChI=1S/C23H21NO3S/c1-28-21-13-11-20(12-14-21)24(16-22(25)26)15-17-7-9-19(10-8-17)23(27)18-5-3-2-4-6-18/h2-14H,15-16H2,1H3,(H,25,26). The van der Waals surface area contributed by atoms with Crippen molar-refractivity contribution >= 4 is 29.2 Å². The van der Waals surface area contributed by atoms with E-state index in [0.29, 0.717) is 17.7 Å². The molecule has 1 N–H and O–H groups in total. The summed E-state index contributed by atoms with van der Waals surface area (Å²) >= 11 is 1.64. The van der Waals surface area contributed by atoms with Crippen LogP contribution in [0.1, 0.15) is 21.5 Å². The molecule has 0 aliphatic carbocycles. The maximum atomic E-state index is 12.5. The summed E-state index contributed by atoms with van der Waals surface area (Å²) in [5.41, 5.74) is 3.06. The van der Waals surface area contributed by atoms with E-state index in [4.69, 9.17) is 0 Å². The Morgan fingerprint density at radius 1 is 0.857 bits per heavy atom. The molecule has 0 aliphatic heterocycles. The highest BCUT2D eigenvalue weighted by Gasteiger charge is 2.13. The summed E-state index contributed by atoms with van der Waals surface area (Å²) in [6.45, 7) is 0.355. The second-order valence-corrected chi connectivity index (χ2v) is 7.22. The number of hydrogen-bond donors (Lipinski definition) is 1. The van der Waals surface area contributed by atoms with Gasteiger partial charge >= 0.3 is 5.97 Å². The predicted molar refractivity (Wildman–Crippen MR) is 113 cm³/mol. The van der Waals surface area contributed by atoms with Gasteiger partial charge in [-0.2, -0.15) is 0 Å². The number of carboxylic acids is 1. The molecule has 0 fully saturated rings. The van der Waals surface area contributed by atoms with Gasteiger partial charge in [-0.05, 0) is 36.1 Å². The van der Waals surface area contributed by atoms with Crippen LogP contribution in [0.25, 0.3) is 0 Å². The smallest absolute Gasteiger partial charge is 0.323 e. The van der Waals surface area contributed by atoms with Gasteiger partial charge in [-0.15, -0.1) is 11.8 Å². The van der Waals surface area contributed by atoms with Crippen molar-refractivity contribution in [3.8, 4) is 0 Å². The molecule has 3 aromatic rings. The highest BCUT2D eigenvalue weighted by Crippen LogP contribution is 2.22. The van der Waals surface area contributed by atoms with Crippen molar-refractivity contribution in [2.75, 3.05) is 17.7 Å². The van der Waals surface area contributed by atoms with Crippen LogP contribution < -0.4 is 4.90 Å². The fourth-order valence-electron chi connectivity index (χ4n) is 2.93. The summed E-state index contributed by atoms with van der Waals surface area (Å²) in [7, 11) is 0. The van der Waals surface area contributed by atoms with Gasteiger partial charge < -0.3 is 10.0 Å². The quantitative estimate of drug-likeness (QED) is 0.444. The Hall–Kier alpha value is -3.05. The number of nitrogens with zero attached hydrogens (tertiary/aromatic N) is 1. The number of ketones is 1. The molecule has 0 amide bonds. The van der Waals surface area contributed by atoms with E-state index in [0.717, 1.165) is 16.1 Å². The van der Waals surface area contributed by atoms with Crippen molar-refractivity contribution in [2.45, 2.75) is 11.4 Å². The molecule has 3 aromatic carbocycles. The molecule has 3 rings (SSSR count). The summed E-state index contributed by atoms with van der Waals surface area (Å²) in [5.74, 6) is -0.910. The molecule has 0 heterocycles. The molecule has 0 atom stereocenters. The Labute approximate surface area is 168 Å². The Morgan fingerprint density at radius 2 is 1.46 bits per heavy atom. The van der Waals surface area contributed by atoms with E-state index in [9.17, 15) is 14.7 Å². The third-order valence-corrected chi connectivity index (χ3v) is 5.13. The SMILES string of the molecule is CSc1ccc(N(CC(=O)O)Cc2ccc(C(=O)c3ccccc3)cc2)cc1. The van der Waals surface area contributed by atoms with Gasteiger partial charge in [-0.3, -0.25) is 9.59 Å². The third kappa shape index (κ3) is 5.02. The average Bonchev–Trinajstić information content (AvgIpc) is 2.74. The van der Waals surface area contributed by atoms with E-state index in [1.807, 2.05) is 60.9 Å². The van der Waals surface area contributed by atoms with E-state index in [1.54, 1.807) is 40.9 Å². The molecular weight excluding hydrogens is 370 g/mol. The first-order valence-corrected chi connectivity index (χ1v) is 10.1. The largest absolute Gasteiger partial charge is 0.480 e. The van der Waals surface area contributed by atoms with Crippen molar-refractivity contribution in [2.24, 2.45) is 0 Å². The van der Waals surface area contributed by atoms with Crippen molar-refractivity contribution in [1.82, 2.24) is 0 Å². The maximum absolute atomic E-state index is 12.5. The van der Waals surface area contributed by atoms with Crippen LogP contribution in [-0.4, -0.2) is 29.7 Å². The molecule has 5 heteroatoms. The van der Waals surface area contributed by atoms with E-state index < -0.39 is 5.97 Å². The molecule has 0 aromatic heterocycles. The molecule has 0 spiro atoms. The minimum absolute atomic E-state index is 0.0257. The van der Waals surface area contributed by atoms with Crippen LogP contribution in [0.5, 0.6) is 0 Å². The van der Waals surface area contributed by atoms with Gasteiger partial charge in [-0.25, -0.2) is 0 Å². The number of carbonyl (C=O) groups excluding carboxylic acids is 1. The highest BCUT2D eigenvalue weighted by atomic mass is 32.2. The van der Waals surface area contributed by atoms with E-state index in [1.165, 1.54) is 0 Å². The topological polar surface area (TPSA) is 57.6 Å². The fourth-order valence-corrected chi connectivity index (χ4v) is 3.34. The van der Waals surface area contributed by atoms with E-state index in [2.05, 4.69) is 0 Å². The zero-order chi connectivity index (χ0) is 19.9. The van der Waals surface area contributed by atoms with Crippen molar-refractivity contribution < 1.29 is 14.7 Å². The van der Waals surface area contributed by atoms with Crippen molar-refractivity contribution in [3.05, 3.63) is 95.6 Å². The number of hydrogen-bond acceptors (Lipinski definition) is 4. The zero-order valence-corrected chi connectivity index (χ0v) is 16.4. The number of thioether (sulfide) groups is 1. The maximum Gasteiger partial charge on any atom is 0.323 e. The lowest BCUT2D eigenvalue weighted by atomic mass is 10.0. The normalized spacial score (nSPS) is 10.5. The molecule has 0 saturated carbocycles. The molecule has 28 heavy (non-hydrogen) atoms. The van der Waals surface area contributed by atoms with Crippen LogP contribution in [0.4, 0.5) is 5.69 Å². The lowest BCUT2D eigenvalue weighted by molar-refractivity contribution is -0.135. The van der Waals surface area contributed by atoms with Gasteiger partial charge in [0.2, 0.25) is 0 Å². The van der Waals surface area contributed by atoms with Gasteiger partial charge in [-0.1, -0.05) is 54.6 Å². The van der Waals surface area contributed by atoms with Crippen LogP contribution in [0.3, 0.4) is 0 Å². The Balaban J connectivity index is 1.77. The number of benzene rings is 3. The average molecular weight is 391 g/mol. The summed E-state index contributed by atoms with van der Waals surface area (Å²) in [4.78, 5) is 26.8. The van der Waals surface area contributed by atoms with Gasteiger partial charge in [0.15, 0.2) is 5.78 Å². The second kappa shape index (κ2) is 9.24. The molecule has 4 nitrogen and oxygen atoms in total. The van der Waals surface area contributed by atoms with Crippen LogP contribution >= 0.6 is 11.8 Å². The minimum atomic E-state index is -0.884. The molecule has 142 valence electrons. The van der Waals surface area contributed by atoms with Crippen LogP contribution in [0.2, 0.25) is 0 Å².